The Labute approximate surface area is 102 Å². The van der Waals surface area contributed by atoms with Crippen LogP contribution in [0.4, 0.5) is 5.82 Å². The van der Waals surface area contributed by atoms with Gasteiger partial charge < -0.3 is 10.1 Å². The van der Waals surface area contributed by atoms with E-state index in [1.54, 1.807) is 11.3 Å². The monoisotopic (exact) mass is 249 g/mol. The van der Waals surface area contributed by atoms with E-state index in [0.717, 1.165) is 0 Å². The standard InChI is InChI=1S/C11H11N3O2S/c1-16-11(15)9-5-14-10(6-12-9)13-4-8-2-3-17-7-8/h2-3,5-7H,4H2,1H3,(H,13,14). The van der Waals surface area contributed by atoms with Crippen LogP contribution in [0.1, 0.15) is 16.1 Å². The lowest BCUT2D eigenvalue weighted by atomic mass is 10.3. The Morgan fingerprint density at radius 2 is 2.35 bits per heavy atom. The predicted molar refractivity (Wildman–Crippen MR) is 65.0 cm³/mol. The highest BCUT2D eigenvalue weighted by atomic mass is 32.1. The van der Waals surface area contributed by atoms with Gasteiger partial charge >= 0.3 is 5.97 Å². The molecule has 2 heterocycles. The fourth-order valence-corrected chi connectivity index (χ4v) is 1.88. The molecule has 2 rings (SSSR count). The quantitative estimate of drug-likeness (QED) is 0.839. The number of anilines is 1. The molecule has 0 amide bonds. The minimum atomic E-state index is -0.484. The molecule has 0 saturated heterocycles. The summed E-state index contributed by atoms with van der Waals surface area (Å²) in [5.74, 6) is 0.144. The van der Waals surface area contributed by atoms with Crippen LogP contribution in [0.5, 0.6) is 0 Å². The zero-order valence-corrected chi connectivity index (χ0v) is 10.0. The maximum absolute atomic E-state index is 11.1. The Bertz CT molecular complexity index is 482. The summed E-state index contributed by atoms with van der Waals surface area (Å²) < 4.78 is 4.53. The second-order valence-corrected chi connectivity index (χ2v) is 4.04. The molecule has 0 atom stereocenters. The fraction of sp³-hybridized carbons (Fsp3) is 0.182. The van der Waals surface area contributed by atoms with E-state index in [9.17, 15) is 4.79 Å². The highest BCUT2D eigenvalue weighted by Crippen LogP contribution is 2.09. The van der Waals surface area contributed by atoms with Crippen LogP contribution in [-0.2, 0) is 11.3 Å². The van der Waals surface area contributed by atoms with E-state index in [1.807, 2.05) is 11.4 Å². The molecule has 0 aliphatic carbocycles. The van der Waals surface area contributed by atoms with Gasteiger partial charge in [0, 0.05) is 6.54 Å². The van der Waals surface area contributed by atoms with Crippen LogP contribution in [0, 0.1) is 0 Å². The molecule has 88 valence electrons. The summed E-state index contributed by atoms with van der Waals surface area (Å²) in [6.07, 6.45) is 2.90. The molecule has 0 aromatic carbocycles. The number of carbonyl (C=O) groups excluding carboxylic acids is 1. The SMILES string of the molecule is COC(=O)c1cnc(NCc2ccsc2)cn1. The number of carbonyl (C=O) groups is 1. The molecule has 0 spiro atoms. The van der Waals surface area contributed by atoms with Crippen molar-refractivity contribution in [1.29, 1.82) is 0 Å². The first-order valence-electron chi connectivity index (χ1n) is 4.95. The molecule has 6 heteroatoms. The van der Waals surface area contributed by atoms with Gasteiger partial charge in [-0.15, -0.1) is 0 Å². The minimum Gasteiger partial charge on any atom is -0.464 e. The van der Waals surface area contributed by atoms with Crippen molar-refractivity contribution in [2.24, 2.45) is 0 Å². The summed E-state index contributed by atoms with van der Waals surface area (Å²) in [7, 11) is 1.31. The lowest BCUT2D eigenvalue weighted by Crippen LogP contribution is -2.07. The van der Waals surface area contributed by atoms with E-state index in [4.69, 9.17) is 0 Å². The molecule has 2 aromatic rings. The van der Waals surface area contributed by atoms with Gasteiger partial charge in [0.05, 0.1) is 19.5 Å². The number of thiophene rings is 1. The summed E-state index contributed by atoms with van der Waals surface area (Å²) in [6, 6.07) is 2.04. The Morgan fingerprint density at radius 3 is 2.94 bits per heavy atom. The second-order valence-electron chi connectivity index (χ2n) is 3.26. The molecule has 0 bridgehead atoms. The third kappa shape index (κ3) is 3.01. The van der Waals surface area contributed by atoms with Gasteiger partial charge in [0.2, 0.25) is 0 Å². The smallest absolute Gasteiger partial charge is 0.358 e. The van der Waals surface area contributed by atoms with Crippen molar-refractivity contribution in [1.82, 2.24) is 9.97 Å². The molecule has 0 aliphatic heterocycles. The largest absolute Gasteiger partial charge is 0.464 e. The van der Waals surface area contributed by atoms with Crippen molar-refractivity contribution < 1.29 is 9.53 Å². The van der Waals surface area contributed by atoms with Crippen LogP contribution in [0.25, 0.3) is 0 Å². The van der Waals surface area contributed by atoms with E-state index in [1.165, 1.54) is 25.1 Å². The van der Waals surface area contributed by atoms with Gasteiger partial charge in [-0.25, -0.2) is 14.8 Å². The van der Waals surface area contributed by atoms with E-state index < -0.39 is 5.97 Å². The van der Waals surface area contributed by atoms with Crippen molar-refractivity contribution in [3.8, 4) is 0 Å². The molecule has 5 nitrogen and oxygen atoms in total. The highest BCUT2D eigenvalue weighted by molar-refractivity contribution is 7.07. The van der Waals surface area contributed by atoms with Gasteiger partial charge in [-0.1, -0.05) is 0 Å². The molecule has 0 fully saturated rings. The first-order valence-corrected chi connectivity index (χ1v) is 5.89. The molecule has 2 aromatic heterocycles. The highest BCUT2D eigenvalue weighted by Gasteiger charge is 2.06. The van der Waals surface area contributed by atoms with Crippen molar-refractivity contribution in [2.45, 2.75) is 6.54 Å². The molecular weight excluding hydrogens is 238 g/mol. The molecule has 0 saturated carbocycles. The van der Waals surface area contributed by atoms with Gasteiger partial charge in [-0.3, -0.25) is 0 Å². The van der Waals surface area contributed by atoms with Crippen LogP contribution < -0.4 is 5.32 Å². The molecule has 0 radical (unpaired) electrons. The van der Waals surface area contributed by atoms with Crippen molar-refractivity contribution in [3.63, 3.8) is 0 Å². The van der Waals surface area contributed by atoms with Crippen molar-refractivity contribution in [2.75, 3.05) is 12.4 Å². The number of aromatic nitrogens is 2. The average molecular weight is 249 g/mol. The van der Waals surface area contributed by atoms with Crippen LogP contribution in [-0.4, -0.2) is 23.0 Å². The summed E-state index contributed by atoms with van der Waals surface area (Å²) >= 11 is 1.65. The van der Waals surface area contributed by atoms with Crippen molar-refractivity contribution >= 4 is 23.1 Å². The number of nitrogens with zero attached hydrogens (tertiary/aromatic N) is 2. The third-order valence-electron chi connectivity index (χ3n) is 2.10. The predicted octanol–water partition coefficient (Wildman–Crippen LogP) is 1.94. The van der Waals surface area contributed by atoms with Crippen molar-refractivity contribution in [3.05, 3.63) is 40.5 Å². The second kappa shape index (κ2) is 5.40. The molecule has 1 N–H and O–H groups in total. The molecule has 0 unspecified atom stereocenters. The summed E-state index contributed by atoms with van der Waals surface area (Å²) in [6.45, 7) is 0.690. The van der Waals surface area contributed by atoms with Crippen LogP contribution >= 0.6 is 11.3 Å². The topological polar surface area (TPSA) is 64.1 Å². The van der Waals surface area contributed by atoms with E-state index in [-0.39, 0.29) is 5.69 Å². The third-order valence-corrected chi connectivity index (χ3v) is 2.83. The lowest BCUT2D eigenvalue weighted by Gasteiger charge is -2.03. The molecular formula is C11H11N3O2S. The number of hydrogen-bond acceptors (Lipinski definition) is 6. The molecule has 0 aliphatic rings. The minimum absolute atomic E-state index is 0.202. The van der Waals surface area contributed by atoms with Crippen LogP contribution in [0.15, 0.2) is 29.2 Å². The maximum atomic E-state index is 11.1. The summed E-state index contributed by atoms with van der Waals surface area (Å²) in [4.78, 5) is 19.2. The molecule has 17 heavy (non-hydrogen) atoms. The normalized spacial score (nSPS) is 9.94. The Hall–Kier alpha value is -1.95. The number of nitrogens with one attached hydrogen (secondary N) is 1. The zero-order valence-electron chi connectivity index (χ0n) is 9.21. The summed E-state index contributed by atoms with van der Waals surface area (Å²) in [5.41, 5.74) is 1.39. The van der Waals surface area contributed by atoms with Crippen LogP contribution in [0.2, 0.25) is 0 Å². The number of esters is 1. The van der Waals surface area contributed by atoms with Gasteiger partial charge in [0.25, 0.3) is 0 Å². The fourth-order valence-electron chi connectivity index (χ4n) is 1.22. The lowest BCUT2D eigenvalue weighted by molar-refractivity contribution is 0.0593. The first kappa shape index (κ1) is 11.5. The van der Waals surface area contributed by atoms with Crippen LogP contribution in [0.3, 0.4) is 0 Å². The van der Waals surface area contributed by atoms with Gasteiger partial charge in [-0.05, 0) is 22.4 Å². The van der Waals surface area contributed by atoms with E-state index in [0.29, 0.717) is 12.4 Å². The summed E-state index contributed by atoms with van der Waals surface area (Å²) in [5, 5.41) is 7.19. The number of methoxy groups -OCH3 is 1. The Morgan fingerprint density at radius 1 is 1.47 bits per heavy atom. The Balaban J connectivity index is 1.96. The van der Waals surface area contributed by atoms with E-state index in [2.05, 4.69) is 25.4 Å². The van der Waals surface area contributed by atoms with E-state index >= 15 is 0 Å². The van der Waals surface area contributed by atoms with Gasteiger partial charge in [0.15, 0.2) is 5.69 Å². The maximum Gasteiger partial charge on any atom is 0.358 e. The number of hydrogen-bond donors (Lipinski definition) is 1. The first-order chi connectivity index (χ1) is 8.29. The number of ether oxygens (including phenoxy) is 1. The number of rotatable bonds is 4. The Kier molecular flexibility index (Phi) is 3.66. The van der Waals surface area contributed by atoms with Gasteiger partial charge in [-0.2, -0.15) is 11.3 Å². The van der Waals surface area contributed by atoms with Gasteiger partial charge in [0.1, 0.15) is 5.82 Å². The average Bonchev–Trinajstić information content (AvgIpc) is 2.89. The zero-order chi connectivity index (χ0) is 12.1.